The molecule has 2 rings (SSSR count). The Kier molecular flexibility index (Phi) is 4.64. The normalized spacial score (nSPS) is 11.4. The predicted molar refractivity (Wildman–Crippen MR) is 77.5 cm³/mol. The highest BCUT2D eigenvalue weighted by Gasteiger charge is 2.23. The lowest BCUT2D eigenvalue weighted by Crippen LogP contribution is -2.42. The molecule has 0 bridgehead atoms. The molecular weight excluding hydrogens is 270 g/mol. The number of benzene rings is 1. The number of aromatic nitrogens is 4. The molecule has 7 heteroatoms. The molecule has 7 nitrogen and oxygen atoms in total. The van der Waals surface area contributed by atoms with Gasteiger partial charge in [0.2, 0.25) is 5.82 Å². The zero-order chi connectivity index (χ0) is 15.3. The van der Waals surface area contributed by atoms with Crippen LogP contribution in [0.1, 0.15) is 37.0 Å². The molecule has 0 fully saturated rings. The molecule has 112 valence electrons. The van der Waals surface area contributed by atoms with Crippen LogP contribution < -0.4 is 5.32 Å². The van der Waals surface area contributed by atoms with Gasteiger partial charge in [-0.15, -0.1) is 10.2 Å². The van der Waals surface area contributed by atoms with Gasteiger partial charge < -0.3 is 10.4 Å². The summed E-state index contributed by atoms with van der Waals surface area (Å²) in [5.74, 6) is 0.198. The van der Waals surface area contributed by atoms with E-state index in [1.165, 1.54) is 0 Å². The van der Waals surface area contributed by atoms with Crippen molar-refractivity contribution < 1.29 is 9.90 Å². The van der Waals surface area contributed by atoms with Gasteiger partial charge in [-0.25, -0.2) is 0 Å². The van der Waals surface area contributed by atoms with Gasteiger partial charge in [0.05, 0.1) is 5.60 Å². The SMILES string of the molecule is CCC(O)(CC)CNC(=O)c1cccc(-c2nn[nH]n2)c1. The van der Waals surface area contributed by atoms with E-state index in [1.807, 2.05) is 13.8 Å². The summed E-state index contributed by atoms with van der Waals surface area (Å²) >= 11 is 0. The van der Waals surface area contributed by atoms with E-state index in [2.05, 4.69) is 25.9 Å². The van der Waals surface area contributed by atoms with E-state index in [4.69, 9.17) is 0 Å². The van der Waals surface area contributed by atoms with Crippen molar-refractivity contribution in [3.05, 3.63) is 29.8 Å². The second kappa shape index (κ2) is 6.45. The van der Waals surface area contributed by atoms with Crippen LogP contribution in [0.25, 0.3) is 11.4 Å². The monoisotopic (exact) mass is 289 g/mol. The van der Waals surface area contributed by atoms with Crippen LogP contribution in [0, 0.1) is 0 Å². The van der Waals surface area contributed by atoms with Crippen LogP contribution >= 0.6 is 0 Å². The molecule has 21 heavy (non-hydrogen) atoms. The lowest BCUT2D eigenvalue weighted by Gasteiger charge is -2.25. The third kappa shape index (κ3) is 3.63. The first-order valence-corrected chi connectivity index (χ1v) is 6.92. The lowest BCUT2D eigenvalue weighted by molar-refractivity contribution is 0.0314. The third-order valence-electron chi connectivity index (χ3n) is 3.62. The van der Waals surface area contributed by atoms with E-state index >= 15 is 0 Å². The van der Waals surface area contributed by atoms with Gasteiger partial charge in [-0.05, 0) is 30.2 Å². The van der Waals surface area contributed by atoms with Gasteiger partial charge in [0.25, 0.3) is 5.91 Å². The van der Waals surface area contributed by atoms with Crippen molar-refractivity contribution in [1.29, 1.82) is 0 Å². The molecule has 0 unspecified atom stereocenters. The molecule has 0 atom stereocenters. The first-order valence-electron chi connectivity index (χ1n) is 6.92. The van der Waals surface area contributed by atoms with Crippen LogP contribution in [0.5, 0.6) is 0 Å². The fourth-order valence-electron chi connectivity index (χ4n) is 1.93. The van der Waals surface area contributed by atoms with E-state index in [-0.39, 0.29) is 12.5 Å². The van der Waals surface area contributed by atoms with Crippen molar-refractivity contribution in [3.8, 4) is 11.4 Å². The second-order valence-electron chi connectivity index (χ2n) is 4.93. The van der Waals surface area contributed by atoms with Gasteiger partial charge in [-0.2, -0.15) is 5.21 Å². The maximum Gasteiger partial charge on any atom is 0.251 e. The maximum absolute atomic E-state index is 12.2. The van der Waals surface area contributed by atoms with E-state index in [9.17, 15) is 9.90 Å². The first-order chi connectivity index (χ1) is 10.1. The molecule has 1 aromatic heterocycles. The number of carbonyl (C=O) groups is 1. The van der Waals surface area contributed by atoms with Crippen molar-refractivity contribution in [2.75, 3.05) is 6.54 Å². The first kappa shape index (κ1) is 15.1. The highest BCUT2D eigenvalue weighted by molar-refractivity contribution is 5.95. The molecule has 1 heterocycles. The molecule has 2 aromatic rings. The van der Waals surface area contributed by atoms with Crippen LogP contribution in [-0.4, -0.2) is 43.8 Å². The molecule has 0 aliphatic carbocycles. The fourth-order valence-corrected chi connectivity index (χ4v) is 1.93. The van der Waals surface area contributed by atoms with E-state index in [0.717, 1.165) is 0 Å². The van der Waals surface area contributed by atoms with Crippen LogP contribution in [0.3, 0.4) is 0 Å². The summed E-state index contributed by atoms with van der Waals surface area (Å²) in [4.78, 5) is 12.2. The van der Waals surface area contributed by atoms with Crippen molar-refractivity contribution in [1.82, 2.24) is 25.9 Å². The number of nitrogens with zero attached hydrogens (tertiary/aromatic N) is 3. The molecule has 3 N–H and O–H groups in total. The Bertz CT molecular complexity index is 593. The highest BCUT2D eigenvalue weighted by atomic mass is 16.3. The third-order valence-corrected chi connectivity index (χ3v) is 3.62. The zero-order valence-corrected chi connectivity index (χ0v) is 12.1. The second-order valence-corrected chi connectivity index (χ2v) is 4.93. The molecule has 0 saturated carbocycles. The molecular formula is C14H19N5O2. The zero-order valence-electron chi connectivity index (χ0n) is 12.1. The van der Waals surface area contributed by atoms with Gasteiger partial charge >= 0.3 is 0 Å². The van der Waals surface area contributed by atoms with Gasteiger partial charge in [-0.3, -0.25) is 4.79 Å². The summed E-state index contributed by atoms with van der Waals surface area (Å²) in [6, 6.07) is 6.95. The summed E-state index contributed by atoms with van der Waals surface area (Å²) in [7, 11) is 0. The molecule has 1 amide bonds. The number of H-pyrrole nitrogens is 1. The van der Waals surface area contributed by atoms with Crippen LogP contribution in [-0.2, 0) is 0 Å². The minimum absolute atomic E-state index is 0.227. The average molecular weight is 289 g/mol. The fraction of sp³-hybridized carbons (Fsp3) is 0.429. The Hall–Kier alpha value is -2.28. The minimum Gasteiger partial charge on any atom is -0.388 e. The molecule has 0 saturated heterocycles. The summed E-state index contributed by atoms with van der Waals surface area (Å²) in [5, 5.41) is 26.6. The Labute approximate surface area is 122 Å². The molecule has 0 spiro atoms. The predicted octanol–water partition coefficient (Wildman–Crippen LogP) is 1.15. The molecule has 1 aromatic carbocycles. The number of tetrazole rings is 1. The number of aromatic amines is 1. The number of rotatable bonds is 6. The van der Waals surface area contributed by atoms with E-state index < -0.39 is 5.60 Å². The number of hydrogen-bond donors (Lipinski definition) is 3. The number of nitrogens with one attached hydrogen (secondary N) is 2. The summed E-state index contributed by atoms with van der Waals surface area (Å²) in [6.07, 6.45) is 1.18. The van der Waals surface area contributed by atoms with Gasteiger partial charge in [-0.1, -0.05) is 26.0 Å². The Morgan fingerprint density at radius 3 is 2.76 bits per heavy atom. The maximum atomic E-state index is 12.2. The van der Waals surface area contributed by atoms with Crippen LogP contribution in [0.4, 0.5) is 0 Å². The van der Waals surface area contributed by atoms with Gasteiger partial charge in [0.1, 0.15) is 0 Å². The highest BCUT2D eigenvalue weighted by Crippen LogP contribution is 2.16. The Morgan fingerprint density at radius 1 is 1.38 bits per heavy atom. The van der Waals surface area contributed by atoms with E-state index in [1.54, 1.807) is 24.3 Å². The molecule has 0 aliphatic heterocycles. The Balaban J connectivity index is 2.08. The number of carbonyl (C=O) groups excluding carboxylic acids is 1. The average Bonchev–Trinajstić information content (AvgIpc) is 3.07. The Morgan fingerprint density at radius 2 is 2.14 bits per heavy atom. The topological polar surface area (TPSA) is 104 Å². The van der Waals surface area contributed by atoms with Gasteiger partial charge in [0.15, 0.2) is 0 Å². The van der Waals surface area contributed by atoms with Crippen molar-refractivity contribution in [3.63, 3.8) is 0 Å². The van der Waals surface area contributed by atoms with Gasteiger partial charge in [0, 0.05) is 17.7 Å². The molecule has 0 radical (unpaired) electrons. The quantitative estimate of drug-likeness (QED) is 0.740. The van der Waals surface area contributed by atoms with Crippen LogP contribution in [0.15, 0.2) is 24.3 Å². The smallest absolute Gasteiger partial charge is 0.251 e. The number of aliphatic hydroxyl groups is 1. The number of amides is 1. The minimum atomic E-state index is -0.860. The van der Waals surface area contributed by atoms with Crippen LogP contribution in [0.2, 0.25) is 0 Å². The van der Waals surface area contributed by atoms with Crippen molar-refractivity contribution >= 4 is 5.91 Å². The number of hydrogen-bond acceptors (Lipinski definition) is 5. The lowest BCUT2D eigenvalue weighted by atomic mass is 9.97. The molecule has 0 aliphatic rings. The summed E-state index contributed by atoms with van der Waals surface area (Å²) in [6.45, 7) is 4.02. The van der Waals surface area contributed by atoms with Crippen molar-refractivity contribution in [2.45, 2.75) is 32.3 Å². The summed E-state index contributed by atoms with van der Waals surface area (Å²) in [5.41, 5.74) is 0.338. The largest absolute Gasteiger partial charge is 0.388 e. The van der Waals surface area contributed by atoms with Crippen molar-refractivity contribution in [2.24, 2.45) is 0 Å². The summed E-state index contributed by atoms with van der Waals surface area (Å²) < 4.78 is 0. The van der Waals surface area contributed by atoms with E-state index in [0.29, 0.717) is 29.8 Å². The standard InChI is InChI=1S/C14H19N5O2/c1-3-14(21,4-2)9-15-13(20)11-7-5-6-10(8-11)12-16-18-19-17-12/h5-8,21H,3-4,9H2,1-2H3,(H,15,20)(H,16,17,18,19).